The van der Waals surface area contributed by atoms with E-state index in [0.29, 0.717) is 13.0 Å². The Labute approximate surface area is 88.8 Å². The second-order valence-electron chi connectivity index (χ2n) is 3.23. The van der Waals surface area contributed by atoms with E-state index >= 15 is 0 Å². The van der Waals surface area contributed by atoms with Crippen molar-refractivity contribution in [1.29, 1.82) is 0 Å². The predicted octanol–water partition coefficient (Wildman–Crippen LogP) is 0.960. The minimum absolute atomic E-state index is 0.0377. The van der Waals surface area contributed by atoms with E-state index < -0.39 is 5.97 Å². The summed E-state index contributed by atoms with van der Waals surface area (Å²) in [5.74, 6) is -0.864. The molecular weight excluding hydrogens is 194 g/mol. The van der Waals surface area contributed by atoms with E-state index in [0.717, 1.165) is 5.69 Å². The maximum Gasteiger partial charge on any atom is 0.323 e. The van der Waals surface area contributed by atoms with Gasteiger partial charge in [-0.15, -0.1) is 0 Å². The van der Waals surface area contributed by atoms with Crippen molar-refractivity contribution < 1.29 is 15.0 Å². The number of aliphatic hydroxyl groups excluding tert-OH is 1. The summed E-state index contributed by atoms with van der Waals surface area (Å²) in [6.45, 7) is 0.583. The lowest BCUT2D eigenvalue weighted by Crippen LogP contribution is -2.31. The van der Waals surface area contributed by atoms with Crippen molar-refractivity contribution in [2.75, 3.05) is 24.6 Å². The summed E-state index contributed by atoms with van der Waals surface area (Å²) in [6.07, 6.45) is 0.572. The molecule has 15 heavy (non-hydrogen) atoms. The van der Waals surface area contributed by atoms with Crippen molar-refractivity contribution in [2.24, 2.45) is 0 Å². The molecule has 0 spiro atoms. The molecule has 0 aromatic heterocycles. The van der Waals surface area contributed by atoms with Gasteiger partial charge in [0.15, 0.2) is 0 Å². The number of aliphatic carboxylic acids is 1. The van der Waals surface area contributed by atoms with Gasteiger partial charge in [-0.25, -0.2) is 0 Å². The van der Waals surface area contributed by atoms with Gasteiger partial charge in [-0.1, -0.05) is 18.2 Å². The highest BCUT2D eigenvalue weighted by Gasteiger charge is 2.09. The molecule has 0 atom stereocenters. The SMILES string of the molecule is O=C(O)CN(CCCO)c1ccccc1. The van der Waals surface area contributed by atoms with Gasteiger partial charge in [0.2, 0.25) is 0 Å². The quantitative estimate of drug-likeness (QED) is 0.732. The van der Waals surface area contributed by atoms with Crippen LogP contribution in [0.5, 0.6) is 0 Å². The number of anilines is 1. The average Bonchev–Trinajstić information content (AvgIpc) is 2.25. The number of aliphatic hydroxyl groups is 1. The normalized spacial score (nSPS) is 9.93. The molecule has 0 saturated heterocycles. The van der Waals surface area contributed by atoms with E-state index in [1.807, 2.05) is 30.3 Å². The zero-order valence-corrected chi connectivity index (χ0v) is 8.47. The number of hydrogen-bond donors (Lipinski definition) is 2. The Morgan fingerprint density at radius 1 is 1.27 bits per heavy atom. The molecule has 0 aliphatic rings. The van der Waals surface area contributed by atoms with Gasteiger partial charge >= 0.3 is 5.97 Å². The van der Waals surface area contributed by atoms with E-state index in [-0.39, 0.29) is 13.2 Å². The Morgan fingerprint density at radius 2 is 1.93 bits per heavy atom. The van der Waals surface area contributed by atoms with E-state index in [1.54, 1.807) is 4.90 Å². The van der Waals surface area contributed by atoms with Gasteiger partial charge in [-0.3, -0.25) is 4.79 Å². The summed E-state index contributed by atoms with van der Waals surface area (Å²) in [7, 11) is 0. The van der Waals surface area contributed by atoms with Gasteiger partial charge in [-0.2, -0.15) is 0 Å². The van der Waals surface area contributed by atoms with Crippen LogP contribution in [0.2, 0.25) is 0 Å². The number of hydrogen-bond acceptors (Lipinski definition) is 3. The fraction of sp³-hybridized carbons (Fsp3) is 0.364. The van der Waals surface area contributed by atoms with Gasteiger partial charge in [-0.05, 0) is 18.6 Å². The lowest BCUT2D eigenvalue weighted by Gasteiger charge is -2.22. The number of carbonyl (C=O) groups is 1. The first kappa shape index (κ1) is 11.5. The highest BCUT2D eigenvalue weighted by atomic mass is 16.4. The first-order valence-corrected chi connectivity index (χ1v) is 4.86. The smallest absolute Gasteiger partial charge is 0.323 e. The summed E-state index contributed by atoms with van der Waals surface area (Å²) in [5, 5.41) is 17.5. The number of carboxylic acids is 1. The lowest BCUT2D eigenvalue weighted by atomic mass is 10.2. The number of benzene rings is 1. The van der Waals surface area contributed by atoms with Crippen molar-refractivity contribution in [2.45, 2.75) is 6.42 Å². The zero-order valence-electron chi connectivity index (χ0n) is 8.47. The molecule has 0 heterocycles. The predicted molar refractivity (Wildman–Crippen MR) is 58.0 cm³/mol. The minimum Gasteiger partial charge on any atom is -0.480 e. The fourth-order valence-electron chi connectivity index (χ4n) is 1.36. The van der Waals surface area contributed by atoms with Crippen LogP contribution >= 0.6 is 0 Å². The second kappa shape index (κ2) is 6.03. The van der Waals surface area contributed by atoms with Crippen molar-refractivity contribution >= 4 is 11.7 Å². The highest BCUT2D eigenvalue weighted by molar-refractivity contribution is 5.73. The third-order valence-corrected chi connectivity index (χ3v) is 2.03. The molecular formula is C11H15NO3. The molecule has 1 aromatic carbocycles. The van der Waals surface area contributed by atoms with Crippen LogP contribution in [0.4, 0.5) is 5.69 Å². The van der Waals surface area contributed by atoms with E-state index in [1.165, 1.54) is 0 Å². The van der Waals surface area contributed by atoms with Gasteiger partial charge in [0.1, 0.15) is 6.54 Å². The molecule has 4 nitrogen and oxygen atoms in total. The van der Waals surface area contributed by atoms with E-state index in [4.69, 9.17) is 10.2 Å². The molecule has 2 N–H and O–H groups in total. The van der Waals surface area contributed by atoms with E-state index in [9.17, 15) is 4.79 Å². The number of rotatable bonds is 6. The molecule has 0 aliphatic carbocycles. The van der Waals surface area contributed by atoms with Crippen LogP contribution in [-0.2, 0) is 4.79 Å². The monoisotopic (exact) mass is 209 g/mol. The Hall–Kier alpha value is -1.55. The van der Waals surface area contributed by atoms with Crippen molar-refractivity contribution in [3.63, 3.8) is 0 Å². The molecule has 1 rings (SSSR count). The maximum absolute atomic E-state index is 10.6. The van der Waals surface area contributed by atoms with Crippen molar-refractivity contribution in [3.05, 3.63) is 30.3 Å². The molecule has 0 amide bonds. The van der Waals surface area contributed by atoms with Crippen LogP contribution in [0.25, 0.3) is 0 Å². The average molecular weight is 209 g/mol. The van der Waals surface area contributed by atoms with Crippen LogP contribution < -0.4 is 4.90 Å². The molecule has 1 aromatic rings. The molecule has 0 unspecified atom stereocenters. The van der Waals surface area contributed by atoms with Crippen molar-refractivity contribution in [3.8, 4) is 0 Å². The van der Waals surface area contributed by atoms with Gasteiger partial charge in [0.05, 0.1) is 0 Å². The van der Waals surface area contributed by atoms with Crippen LogP contribution in [0.3, 0.4) is 0 Å². The summed E-state index contributed by atoms with van der Waals surface area (Å²) in [4.78, 5) is 12.4. The Kier molecular flexibility index (Phi) is 4.63. The second-order valence-corrected chi connectivity index (χ2v) is 3.23. The molecule has 0 bridgehead atoms. The minimum atomic E-state index is -0.864. The fourth-order valence-corrected chi connectivity index (χ4v) is 1.36. The van der Waals surface area contributed by atoms with Crippen LogP contribution in [0.1, 0.15) is 6.42 Å². The Morgan fingerprint density at radius 3 is 2.47 bits per heavy atom. The van der Waals surface area contributed by atoms with Gasteiger partial charge in [0.25, 0.3) is 0 Å². The number of carboxylic acid groups (broad SMARTS) is 1. The summed E-state index contributed by atoms with van der Waals surface area (Å²) in [6, 6.07) is 9.33. The summed E-state index contributed by atoms with van der Waals surface area (Å²) < 4.78 is 0. The Balaban J connectivity index is 2.67. The molecule has 0 saturated carbocycles. The largest absolute Gasteiger partial charge is 0.480 e. The zero-order chi connectivity index (χ0) is 11.1. The lowest BCUT2D eigenvalue weighted by molar-refractivity contribution is -0.135. The highest BCUT2D eigenvalue weighted by Crippen LogP contribution is 2.12. The number of para-hydroxylation sites is 1. The van der Waals surface area contributed by atoms with E-state index in [2.05, 4.69) is 0 Å². The molecule has 0 radical (unpaired) electrons. The summed E-state index contributed by atoms with van der Waals surface area (Å²) >= 11 is 0. The van der Waals surface area contributed by atoms with Crippen molar-refractivity contribution in [1.82, 2.24) is 0 Å². The standard InChI is InChI=1S/C11H15NO3/c13-8-4-7-12(9-11(14)15)10-5-2-1-3-6-10/h1-3,5-6,13H,4,7-9H2,(H,14,15). The van der Waals surface area contributed by atoms with Crippen LogP contribution in [0, 0.1) is 0 Å². The summed E-state index contributed by atoms with van der Waals surface area (Å²) in [5.41, 5.74) is 0.869. The molecule has 4 heteroatoms. The topological polar surface area (TPSA) is 60.8 Å². The van der Waals surface area contributed by atoms with Gasteiger partial charge in [0, 0.05) is 18.8 Å². The van der Waals surface area contributed by atoms with Crippen LogP contribution in [0.15, 0.2) is 30.3 Å². The first-order chi connectivity index (χ1) is 7.24. The first-order valence-electron chi connectivity index (χ1n) is 4.86. The third-order valence-electron chi connectivity index (χ3n) is 2.03. The molecule has 0 fully saturated rings. The third kappa shape index (κ3) is 3.99. The van der Waals surface area contributed by atoms with Crippen LogP contribution in [-0.4, -0.2) is 35.9 Å². The maximum atomic E-state index is 10.6. The molecule has 82 valence electrons. The molecule has 0 aliphatic heterocycles. The Bertz CT molecular complexity index is 300. The number of nitrogens with zero attached hydrogens (tertiary/aromatic N) is 1. The van der Waals surface area contributed by atoms with Gasteiger partial charge < -0.3 is 15.1 Å².